The smallest absolute Gasteiger partial charge is 0.192 e. The molecule has 76 valence electrons. The summed E-state index contributed by atoms with van der Waals surface area (Å²) in [6, 6.07) is 5.57. The summed E-state index contributed by atoms with van der Waals surface area (Å²) in [7, 11) is 3.24. The Balaban J connectivity index is 2.95. The Morgan fingerprint density at radius 2 is 2.29 bits per heavy atom. The number of methoxy groups -OCH3 is 1. The lowest BCUT2D eigenvalue weighted by Gasteiger charge is -2.08. The van der Waals surface area contributed by atoms with E-state index in [1.807, 2.05) is 18.2 Å². The van der Waals surface area contributed by atoms with Crippen LogP contribution in [-0.2, 0) is 0 Å². The summed E-state index contributed by atoms with van der Waals surface area (Å²) in [5.41, 5.74) is 6.37. The number of benzene rings is 1. The van der Waals surface area contributed by atoms with E-state index in [2.05, 4.69) is 26.2 Å². The highest BCUT2D eigenvalue weighted by Gasteiger charge is 2.02. The van der Waals surface area contributed by atoms with Gasteiger partial charge in [0.2, 0.25) is 0 Å². The van der Waals surface area contributed by atoms with Gasteiger partial charge in [-0.3, -0.25) is 4.99 Å². The van der Waals surface area contributed by atoms with Crippen molar-refractivity contribution in [3.8, 4) is 5.75 Å². The molecule has 1 aromatic carbocycles. The van der Waals surface area contributed by atoms with E-state index in [0.717, 1.165) is 15.9 Å². The number of guanidine groups is 1. The molecule has 0 unspecified atom stereocenters. The molecule has 0 saturated heterocycles. The predicted molar refractivity (Wildman–Crippen MR) is 61.9 cm³/mol. The molecule has 3 N–H and O–H groups in total. The molecule has 0 aliphatic rings. The molecular formula is C9H12BrN3O. The van der Waals surface area contributed by atoms with Gasteiger partial charge in [-0.05, 0) is 28.1 Å². The first-order chi connectivity index (χ1) is 6.67. The van der Waals surface area contributed by atoms with Crippen molar-refractivity contribution in [3.63, 3.8) is 0 Å². The van der Waals surface area contributed by atoms with Gasteiger partial charge < -0.3 is 15.8 Å². The van der Waals surface area contributed by atoms with Gasteiger partial charge in [0, 0.05) is 17.6 Å². The zero-order chi connectivity index (χ0) is 10.6. The fraction of sp³-hybridized carbons (Fsp3) is 0.222. The molecule has 0 radical (unpaired) electrons. The highest BCUT2D eigenvalue weighted by Crippen LogP contribution is 2.26. The van der Waals surface area contributed by atoms with Gasteiger partial charge in [-0.25, -0.2) is 0 Å². The first-order valence-corrected chi connectivity index (χ1v) is 4.79. The van der Waals surface area contributed by atoms with Gasteiger partial charge in [-0.1, -0.05) is 0 Å². The van der Waals surface area contributed by atoms with E-state index in [4.69, 9.17) is 10.5 Å². The molecule has 0 amide bonds. The van der Waals surface area contributed by atoms with Crippen molar-refractivity contribution in [1.29, 1.82) is 0 Å². The highest BCUT2D eigenvalue weighted by molar-refractivity contribution is 9.10. The fourth-order valence-electron chi connectivity index (χ4n) is 0.921. The molecule has 1 rings (SSSR count). The van der Waals surface area contributed by atoms with Crippen molar-refractivity contribution in [1.82, 2.24) is 0 Å². The summed E-state index contributed by atoms with van der Waals surface area (Å²) in [5.74, 6) is 1.12. The molecule has 0 aliphatic carbocycles. The number of halogens is 1. The topological polar surface area (TPSA) is 59.6 Å². The van der Waals surface area contributed by atoms with Crippen LogP contribution in [0.2, 0.25) is 0 Å². The minimum Gasteiger partial charge on any atom is -0.497 e. The summed E-state index contributed by atoms with van der Waals surface area (Å²) >= 11 is 3.39. The molecule has 0 atom stereocenters. The summed E-state index contributed by atoms with van der Waals surface area (Å²) < 4.78 is 5.99. The first-order valence-electron chi connectivity index (χ1n) is 4.00. The van der Waals surface area contributed by atoms with Crippen molar-refractivity contribution < 1.29 is 4.74 Å². The second-order valence-corrected chi connectivity index (χ2v) is 3.43. The normalized spacial score (nSPS) is 11.2. The van der Waals surface area contributed by atoms with E-state index in [1.165, 1.54) is 0 Å². The average Bonchev–Trinajstić information content (AvgIpc) is 2.21. The number of hydrogen-bond acceptors (Lipinski definition) is 2. The van der Waals surface area contributed by atoms with Gasteiger partial charge in [0.05, 0.1) is 12.8 Å². The van der Waals surface area contributed by atoms with Crippen LogP contribution in [-0.4, -0.2) is 20.1 Å². The van der Waals surface area contributed by atoms with E-state index < -0.39 is 0 Å². The molecule has 1 aromatic rings. The first kappa shape index (κ1) is 10.8. The van der Waals surface area contributed by atoms with Gasteiger partial charge in [-0.15, -0.1) is 0 Å². The van der Waals surface area contributed by atoms with Crippen LogP contribution in [0, 0.1) is 0 Å². The van der Waals surface area contributed by atoms with Crippen LogP contribution in [0.3, 0.4) is 0 Å². The number of hydrogen-bond donors (Lipinski definition) is 2. The zero-order valence-corrected chi connectivity index (χ0v) is 9.63. The van der Waals surface area contributed by atoms with Crippen molar-refractivity contribution in [2.24, 2.45) is 10.7 Å². The van der Waals surface area contributed by atoms with Crippen molar-refractivity contribution in [2.75, 3.05) is 19.5 Å². The molecule has 0 fully saturated rings. The number of nitrogens with zero attached hydrogens (tertiary/aromatic N) is 1. The molecule has 0 heterocycles. The van der Waals surface area contributed by atoms with Crippen LogP contribution in [0.25, 0.3) is 0 Å². The predicted octanol–water partition coefficient (Wildman–Crippen LogP) is 1.81. The summed E-state index contributed by atoms with van der Waals surface area (Å²) in [6.45, 7) is 0. The number of rotatable bonds is 2. The lowest BCUT2D eigenvalue weighted by molar-refractivity contribution is 0.415. The standard InChI is InChI=1S/C9H12BrN3O/c1-12-9(11)13-8-5-6(14-2)3-4-7(8)10/h3-5H,1-2H3,(H3,11,12,13). The van der Waals surface area contributed by atoms with Gasteiger partial charge >= 0.3 is 0 Å². The van der Waals surface area contributed by atoms with E-state index in [1.54, 1.807) is 14.2 Å². The van der Waals surface area contributed by atoms with Crippen LogP contribution in [0.4, 0.5) is 5.69 Å². The molecule has 0 aliphatic heterocycles. The van der Waals surface area contributed by atoms with E-state index in [9.17, 15) is 0 Å². The van der Waals surface area contributed by atoms with Crippen LogP contribution in [0.5, 0.6) is 5.75 Å². The second-order valence-electron chi connectivity index (χ2n) is 2.58. The van der Waals surface area contributed by atoms with Gasteiger partial charge in [-0.2, -0.15) is 0 Å². The molecule has 0 aromatic heterocycles. The van der Waals surface area contributed by atoms with E-state index in [0.29, 0.717) is 5.96 Å². The third-order valence-electron chi connectivity index (χ3n) is 1.68. The van der Waals surface area contributed by atoms with Gasteiger partial charge in [0.25, 0.3) is 0 Å². The summed E-state index contributed by atoms with van der Waals surface area (Å²) in [5, 5.41) is 2.94. The van der Waals surface area contributed by atoms with Gasteiger partial charge in [0.15, 0.2) is 5.96 Å². The quantitative estimate of drug-likeness (QED) is 0.628. The number of nitrogens with one attached hydrogen (secondary N) is 1. The fourth-order valence-corrected chi connectivity index (χ4v) is 1.27. The molecule has 4 nitrogen and oxygen atoms in total. The molecule has 0 spiro atoms. The van der Waals surface area contributed by atoms with Crippen molar-refractivity contribution in [3.05, 3.63) is 22.7 Å². The minimum absolute atomic E-state index is 0.360. The Kier molecular flexibility index (Phi) is 3.76. The number of aliphatic imine (C=N–C) groups is 1. The molecule has 0 bridgehead atoms. The third kappa shape index (κ3) is 2.63. The largest absolute Gasteiger partial charge is 0.497 e. The number of ether oxygens (including phenoxy) is 1. The number of nitrogens with two attached hydrogens (primary N) is 1. The van der Waals surface area contributed by atoms with Crippen molar-refractivity contribution in [2.45, 2.75) is 0 Å². The Morgan fingerprint density at radius 3 is 2.86 bits per heavy atom. The SMILES string of the molecule is CN=C(N)Nc1cc(OC)ccc1Br. The Labute approximate surface area is 91.3 Å². The van der Waals surface area contributed by atoms with Crippen LogP contribution in [0.15, 0.2) is 27.7 Å². The van der Waals surface area contributed by atoms with E-state index >= 15 is 0 Å². The Bertz CT molecular complexity index is 352. The molecule has 14 heavy (non-hydrogen) atoms. The lowest BCUT2D eigenvalue weighted by Crippen LogP contribution is -2.22. The maximum absolute atomic E-state index is 5.54. The van der Waals surface area contributed by atoms with E-state index in [-0.39, 0.29) is 0 Å². The molecule has 0 saturated carbocycles. The van der Waals surface area contributed by atoms with Crippen LogP contribution < -0.4 is 15.8 Å². The third-order valence-corrected chi connectivity index (χ3v) is 2.37. The lowest BCUT2D eigenvalue weighted by atomic mass is 10.3. The highest BCUT2D eigenvalue weighted by atomic mass is 79.9. The maximum Gasteiger partial charge on any atom is 0.192 e. The molecule has 5 heteroatoms. The number of anilines is 1. The summed E-state index contributed by atoms with van der Waals surface area (Å²) in [6.07, 6.45) is 0. The van der Waals surface area contributed by atoms with Crippen LogP contribution >= 0.6 is 15.9 Å². The van der Waals surface area contributed by atoms with Crippen LogP contribution in [0.1, 0.15) is 0 Å². The molecular weight excluding hydrogens is 246 g/mol. The minimum atomic E-state index is 0.360. The Morgan fingerprint density at radius 1 is 1.57 bits per heavy atom. The maximum atomic E-state index is 5.54. The van der Waals surface area contributed by atoms with Gasteiger partial charge in [0.1, 0.15) is 5.75 Å². The monoisotopic (exact) mass is 257 g/mol. The van der Waals surface area contributed by atoms with Crippen molar-refractivity contribution >= 4 is 27.6 Å². The second kappa shape index (κ2) is 4.85. The average molecular weight is 258 g/mol. The zero-order valence-electron chi connectivity index (χ0n) is 8.04. The Hall–Kier alpha value is -1.23. The summed E-state index contributed by atoms with van der Waals surface area (Å²) in [4.78, 5) is 3.80.